The Labute approximate surface area is 60.6 Å². The van der Waals surface area contributed by atoms with E-state index in [9.17, 15) is 0 Å². The molecule has 0 spiro atoms. The average Bonchev–Trinajstić information content (AvgIpc) is 2.30. The largest absolute Gasteiger partial charge is 0.497 e. The smallest absolute Gasteiger partial charge is 0.211 e. The zero-order chi connectivity index (χ0) is 7.56. The molecule has 5 heteroatoms. The monoisotopic (exact) mass is 151 g/mol. The van der Waals surface area contributed by atoms with E-state index in [1.54, 1.807) is 12.1 Å². The first-order valence-electron chi connectivity index (χ1n) is 2.28. The first-order valence-corrected chi connectivity index (χ1v) is 3.09. The van der Waals surface area contributed by atoms with Crippen LogP contribution in [0.5, 0.6) is 5.06 Å². The molecular weight excluding hydrogens is 150 g/mol. The van der Waals surface area contributed by atoms with E-state index in [0.29, 0.717) is 0 Å². The zero-order valence-corrected chi connectivity index (χ0v) is 5.51. The third-order valence-electron chi connectivity index (χ3n) is 0.811. The van der Waals surface area contributed by atoms with Crippen molar-refractivity contribution in [1.82, 2.24) is 4.98 Å². The Hall–Kier alpha value is -1.59. The number of hydrogen-bond acceptors (Lipinski definition) is 5. The highest BCUT2D eigenvalue weighted by atomic mass is 32.1. The van der Waals surface area contributed by atoms with Crippen LogP contribution in [-0.2, 0) is 0 Å². The number of aromatic nitrogens is 1. The van der Waals surface area contributed by atoms with Gasteiger partial charge in [-0.3, -0.25) is 0 Å². The van der Waals surface area contributed by atoms with Gasteiger partial charge in [-0.05, 0) is 0 Å². The molecule has 4 nitrogen and oxygen atoms in total. The van der Waals surface area contributed by atoms with Gasteiger partial charge < -0.3 is 5.11 Å². The van der Waals surface area contributed by atoms with Crippen LogP contribution < -0.4 is 0 Å². The van der Waals surface area contributed by atoms with Crippen LogP contribution in [0.15, 0.2) is 0 Å². The van der Waals surface area contributed by atoms with E-state index >= 15 is 0 Å². The van der Waals surface area contributed by atoms with Gasteiger partial charge in [-0.1, -0.05) is 11.3 Å². The molecule has 0 radical (unpaired) electrons. The lowest BCUT2D eigenvalue weighted by Gasteiger charge is -1.74. The molecule has 10 heavy (non-hydrogen) atoms. The van der Waals surface area contributed by atoms with Crippen molar-refractivity contribution in [2.24, 2.45) is 0 Å². The van der Waals surface area contributed by atoms with Crippen LogP contribution in [0.25, 0.3) is 0 Å². The third kappa shape index (κ3) is 0.903. The molecule has 0 aliphatic heterocycles. The van der Waals surface area contributed by atoms with Crippen molar-refractivity contribution in [2.75, 3.05) is 0 Å². The highest BCUT2D eigenvalue weighted by molar-refractivity contribution is 7.14. The van der Waals surface area contributed by atoms with Gasteiger partial charge in [0.25, 0.3) is 0 Å². The Bertz CT molecular complexity index is 330. The minimum absolute atomic E-state index is 0.0819. The average molecular weight is 151 g/mol. The van der Waals surface area contributed by atoms with Crippen LogP contribution in [0.1, 0.15) is 10.7 Å². The molecule has 1 aromatic rings. The minimum Gasteiger partial charge on any atom is -0.497 e. The fourth-order valence-electron chi connectivity index (χ4n) is 0.433. The first kappa shape index (κ1) is 6.53. The summed E-state index contributed by atoms with van der Waals surface area (Å²) >= 11 is 0.800. The minimum atomic E-state index is -0.195. The van der Waals surface area contributed by atoms with E-state index in [2.05, 4.69) is 4.98 Å². The quantitative estimate of drug-likeness (QED) is 0.588. The zero-order valence-electron chi connectivity index (χ0n) is 4.70. The van der Waals surface area contributed by atoms with E-state index in [4.69, 9.17) is 15.6 Å². The molecule has 0 unspecified atom stereocenters. The van der Waals surface area contributed by atoms with E-state index in [1.807, 2.05) is 0 Å². The summed E-state index contributed by atoms with van der Waals surface area (Å²) in [5.41, 5.74) is -0.0819. The number of thiazole rings is 1. The molecular formula is C5HN3OS. The van der Waals surface area contributed by atoms with Gasteiger partial charge in [0.1, 0.15) is 12.1 Å². The molecule has 0 aliphatic carbocycles. The van der Waals surface area contributed by atoms with Crippen molar-refractivity contribution < 1.29 is 5.11 Å². The maximum absolute atomic E-state index is 8.84. The molecule has 0 aromatic carbocycles. The van der Waals surface area contributed by atoms with Gasteiger partial charge in [0.2, 0.25) is 5.06 Å². The van der Waals surface area contributed by atoms with Crippen molar-refractivity contribution >= 4 is 11.3 Å². The predicted molar refractivity (Wildman–Crippen MR) is 33.2 cm³/mol. The second-order valence-electron chi connectivity index (χ2n) is 1.40. The Kier molecular flexibility index (Phi) is 1.53. The third-order valence-corrected chi connectivity index (χ3v) is 1.57. The summed E-state index contributed by atoms with van der Waals surface area (Å²) in [5.74, 6) is 0. The molecule has 0 bridgehead atoms. The normalized spacial score (nSPS) is 8.20. The fourth-order valence-corrected chi connectivity index (χ4v) is 0.986. The SMILES string of the molecule is N#Cc1nc(C#N)c(O)s1. The van der Waals surface area contributed by atoms with Crippen molar-refractivity contribution in [3.05, 3.63) is 10.7 Å². The summed E-state index contributed by atoms with van der Waals surface area (Å²) in [6.07, 6.45) is 0. The van der Waals surface area contributed by atoms with Crippen molar-refractivity contribution in [1.29, 1.82) is 10.5 Å². The number of rotatable bonds is 0. The Morgan fingerprint density at radius 2 is 2.10 bits per heavy atom. The summed E-state index contributed by atoms with van der Waals surface area (Å²) in [4.78, 5) is 3.49. The molecule has 0 saturated carbocycles. The van der Waals surface area contributed by atoms with Gasteiger partial charge in [0.15, 0.2) is 10.7 Å². The molecule has 1 N–H and O–H groups in total. The summed E-state index contributed by atoms with van der Waals surface area (Å²) in [5, 5.41) is 25.3. The molecule has 0 atom stereocenters. The Morgan fingerprint density at radius 3 is 2.40 bits per heavy atom. The maximum atomic E-state index is 8.84. The fraction of sp³-hybridized carbons (Fsp3) is 0. The molecule has 0 aliphatic rings. The number of hydrogen-bond donors (Lipinski definition) is 1. The van der Waals surface area contributed by atoms with E-state index < -0.39 is 0 Å². The van der Waals surface area contributed by atoms with Crippen LogP contribution >= 0.6 is 11.3 Å². The van der Waals surface area contributed by atoms with Crippen LogP contribution in [0, 0.1) is 22.7 Å². The summed E-state index contributed by atoms with van der Waals surface area (Å²) in [6.45, 7) is 0. The van der Waals surface area contributed by atoms with Gasteiger partial charge >= 0.3 is 0 Å². The van der Waals surface area contributed by atoms with Gasteiger partial charge in [-0.25, -0.2) is 4.98 Å². The van der Waals surface area contributed by atoms with Gasteiger partial charge in [0.05, 0.1) is 0 Å². The Morgan fingerprint density at radius 1 is 1.40 bits per heavy atom. The summed E-state index contributed by atoms with van der Waals surface area (Å²) in [7, 11) is 0. The molecule has 0 saturated heterocycles. The lowest BCUT2D eigenvalue weighted by molar-refractivity contribution is 0.487. The maximum Gasteiger partial charge on any atom is 0.211 e. The predicted octanol–water partition coefficient (Wildman–Crippen LogP) is 0.592. The van der Waals surface area contributed by atoms with E-state index in [0.717, 1.165) is 11.3 Å². The second kappa shape index (κ2) is 2.34. The first-order chi connectivity index (χ1) is 4.77. The van der Waals surface area contributed by atoms with Gasteiger partial charge in [0, 0.05) is 0 Å². The molecule has 1 aromatic heterocycles. The van der Waals surface area contributed by atoms with E-state index in [-0.39, 0.29) is 15.8 Å². The second-order valence-corrected chi connectivity index (χ2v) is 2.37. The Balaban J connectivity index is 3.23. The summed E-state index contributed by atoms with van der Waals surface area (Å²) in [6, 6.07) is 3.37. The molecule has 48 valence electrons. The number of nitriles is 2. The lowest BCUT2D eigenvalue weighted by atomic mass is 10.5. The lowest BCUT2D eigenvalue weighted by Crippen LogP contribution is -1.73. The highest BCUT2D eigenvalue weighted by Crippen LogP contribution is 2.23. The molecule has 1 rings (SSSR count). The summed E-state index contributed by atoms with van der Waals surface area (Å²) < 4.78 is 0. The van der Waals surface area contributed by atoms with Crippen molar-refractivity contribution in [3.63, 3.8) is 0 Å². The topological polar surface area (TPSA) is 80.7 Å². The van der Waals surface area contributed by atoms with E-state index in [1.165, 1.54) is 0 Å². The van der Waals surface area contributed by atoms with Gasteiger partial charge in [-0.2, -0.15) is 10.5 Å². The standard InChI is InChI=1S/C5HN3OS/c6-1-3-5(9)10-4(2-7)8-3/h9H. The molecule has 0 amide bonds. The van der Waals surface area contributed by atoms with Crippen LogP contribution in [0.4, 0.5) is 0 Å². The van der Waals surface area contributed by atoms with Crippen LogP contribution in [0.3, 0.4) is 0 Å². The van der Waals surface area contributed by atoms with Crippen molar-refractivity contribution in [3.8, 4) is 17.2 Å². The number of nitrogens with zero attached hydrogens (tertiary/aromatic N) is 3. The highest BCUT2D eigenvalue weighted by Gasteiger charge is 2.07. The molecule has 0 fully saturated rings. The number of aromatic hydroxyl groups is 1. The molecule has 1 heterocycles. The van der Waals surface area contributed by atoms with Gasteiger partial charge in [-0.15, -0.1) is 0 Å². The van der Waals surface area contributed by atoms with Crippen LogP contribution in [-0.4, -0.2) is 10.1 Å². The van der Waals surface area contributed by atoms with Crippen LogP contribution in [0.2, 0.25) is 0 Å². The van der Waals surface area contributed by atoms with Crippen molar-refractivity contribution in [2.45, 2.75) is 0 Å².